The molecule has 0 aromatic carbocycles. The molecule has 0 amide bonds. The van der Waals surface area contributed by atoms with E-state index in [0.29, 0.717) is 13.2 Å². The second-order valence-electron chi connectivity index (χ2n) is 2.86. The van der Waals surface area contributed by atoms with Gasteiger partial charge in [-0.25, -0.2) is 0 Å². The summed E-state index contributed by atoms with van der Waals surface area (Å²) in [6.07, 6.45) is 0. The minimum atomic E-state index is 0.614. The van der Waals surface area contributed by atoms with Crippen LogP contribution in [-0.4, -0.2) is 57.5 Å². The Hall–Kier alpha value is -0.160. The van der Waals surface area contributed by atoms with Crippen LogP contribution in [0.5, 0.6) is 0 Å². The molecule has 72 valence electrons. The average molecular weight is 174 g/mol. The highest BCUT2D eigenvalue weighted by Crippen LogP contribution is 1.95. The van der Waals surface area contributed by atoms with Gasteiger partial charge in [0.2, 0.25) is 0 Å². The van der Waals surface area contributed by atoms with E-state index in [1.165, 1.54) is 0 Å². The topological polar surface area (TPSA) is 47.7 Å². The Morgan fingerprint density at radius 2 is 2.00 bits per heavy atom. The fraction of sp³-hybridized carbons (Fsp3) is 1.00. The van der Waals surface area contributed by atoms with Gasteiger partial charge in [-0.3, -0.25) is 4.90 Å². The lowest BCUT2D eigenvalue weighted by Gasteiger charge is -2.26. The molecule has 1 aliphatic heterocycles. The van der Waals surface area contributed by atoms with E-state index in [0.717, 1.165) is 39.5 Å². The normalized spacial score (nSPS) is 19.8. The van der Waals surface area contributed by atoms with Crippen LogP contribution in [0, 0.1) is 0 Å². The van der Waals surface area contributed by atoms with Gasteiger partial charge >= 0.3 is 0 Å². The summed E-state index contributed by atoms with van der Waals surface area (Å²) in [6, 6.07) is 0. The van der Waals surface area contributed by atoms with Crippen molar-refractivity contribution in [3.63, 3.8) is 0 Å². The van der Waals surface area contributed by atoms with Crippen molar-refractivity contribution in [3.8, 4) is 0 Å². The highest BCUT2D eigenvalue weighted by molar-refractivity contribution is 4.60. The summed E-state index contributed by atoms with van der Waals surface area (Å²) in [6.45, 7) is 6.86. The SMILES string of the molecule is NCCOCCN1CCOCC1. The maximum atomic E-state index is 5.29. The molecule has 1 saturated heterocycles. The van der Waals surface area contributed by atoms with Crippen LogP contribution in [0.4, 0.5) is 0 Å². The van der Waals surface area contributed by atoms with Gasteiger partial charge in [-0.15, -0.1) is 0 Å². The van der Waals surface area contributed by atoms with Crippen LogP contribution < -0.4 is 5.73 Å². The summed E-state index contributed by atoms with van der Waals surface area (Å²) in [4.78, 5) is 2.35. The predicted molar refractivity (Wildman–Crippen MR) is 47.1 cm³/mol. The fourth-order valence-corrected chi connectivity index (χ4v) is 1.20. The van der Waals surface area contributed by atoms with E-state index < -0.39 is 0 Å². The third-order valence-corrected chi connectivity index (χ3v) is 1.92. The maximum absolute atomic E-state index is 5.29. The van der Waals surface area contributed by atoms with Crippen LogP contribution in [0.25, 0.3) is 0 Å². The fourth-order valence-electron chi connectivity index (χ4n) is 1.20. The Bertz CT molecular complexity index is 105. The van der Waals surface area contributed by atoms with Crippen molar-refractivity contribution < 1.29 is 9.47 Å². The van der Waals surface area contributed by atoms with E-state index in [4.69, 9.17) is 15.2 Å². The smallest absolute Gasteiger partial charge is 0.0594 e. The average Bonchev–Trinajstić information content (AvgIpc) is 2.14. The van der Waals surface area contributed by atoms with Crippen LogP contribution in [-0.2, 0) is 9.47 Å². The van der Waals surface area contributed by atoms with Crippen molar-refractivity contribution in [3.05, 3.63) is 0 Å². The van der Waals surface area contributed by atoms with Gasteiger partial charge in [0, 0.05) is 26.2 Å². The molecule has 12 heavy (non-hydrogen) atoms. The van der Waals surface area contributed by atoms with Gasteiger partial charge in [-0.05, 0) is 0 Å². The summed E-state index contributed by atoms with van der Waals surface area (Å²) >= 11 is 0. The molecule has 1 aliphatic rings. The van der Waals surface area contributed by atoms with Gasteiger partial charge in [-0.1, -0.05) is 0 Å². The summed E-state index contributed by atoms with van der Waals surface area (Å²) < 4.78 is 10.5. The number of ether oxygens (including phenoxy) is 2. The van der Waals surface area contributed by atoms with Crippen LogP contribution in [0.1, 0.15) is 0 Å². The Morgan fingerprint density at radius 1 is 1.25 bits per heavy atom. The summed E-state index contributed by atoms with van der Waals surface area (Å²) in [5, 5.41) is 0. The van der Waals surface area contributed by atoms with E-state index in [1.807, 2.05) is 0 Å². The van der Waals surface area contributed by atoms with E-state index >= 15 is 0 Å². The Labute approximate surface area is 73.6 Å². The lowest BCUT2D eigenvalue weighted by atomic mass is 10.4. The number of nitrogens with two attached hydrogens (primary N) is 1. The molecule has 2 N–H and O–H groups in total. The monoisotopic (exact) mass is 174 g/mol. The van der Waals surface area contributed by atoms with Crippen molar-refractivity contribution in [2.45, 2.75) is 0 Å². The van der Waals surface area contributed by atoms with E-state index in [1.54, 1.807) is 0 Å². The number of nitrogens with zero attached hydrogens (tertiary/aromatic N) is 1. The standard InChI is InChI=1S/C8H18N2O2/c9-1-5-11-6-2-10-3-7-12-8-4-10/h1-9H2. The van der Waals surface area contributed by atoms with Gasteiger partial charge in [0.25, 0.3) is 0 Å². The molecule has 1 heterocycles. The van der Waals surface area contributed by atoms with E-state index in [2.05, 4.69) is 4.90 Å². The first-order valence-corrected chi connectivity index (χ1v) is 4.51. The third kappa shape index (κ3) is 4.01. The highest BCUT2D eigenvalue weighted by Gasteiger charge is 2.08. The molecule has 4 nitrogen and oxygen atoms in total. The molecule has 0 atom stereocenters. The number of morpholine rings is 1. The molecule has 1 fully saturated rings. The molecule has 0 bridgehead atoms. The van der Waals surface area contributed by atoms with Crippen LogP contribution in [0.2, 0.25) is 0 Å². The zero-order valence-electron chi connectivity index (χ0n) is 7.50. The molecule has 0 aliphatic carbocycles. The minimum Gasteiger partial charge on any atom is -0.379 e. The van der Waals surface area contributed by atoms with Gasteiger partial charge in [0.05, 0.1) is 26.4 Å². The van der Waals surface area contributed by atoms with E-state index in [9.17, 15) is 0 Å². The van der Waals surface area contributed by atoms with Crippen molar-refractivity contribution >= 4 is 0 Å². The largest absolute Gasteiger partial charge is 0.379 e. The van der Waals surface area contributed by atoms with Gasteiger partial charge in [-0.2, -0.15) is 0 Å². The Balaban J connectivity index is 1.91. The summed E-state index contributed by atoms with van der Waals surface area (Å²) in [5.74, 6) is 0. The number of rotatable bonds is 5. The zero-order valence-corrected chi connectivity index (χ0v) is 7.50. The highest BCUT2D eigenvalue weighted by atomic mass is 16.5. The lowest BCUT2D eigenvalue weighted by Crippen LogP contribution is -2.38. The first-order chi connectivity index (χ1) is 5.93. The Kier molecular flexibility index (Phi) is 5.27. The maximum Gasteiger partial charge on any atom is 0.0594 e. The number of hydrogen-bond acceptors (Lipinski definition) is 4. The molecule has 0 saturated carbocycles. The molecule has 0 aromatic heterocycles. The molecular weight excluding hydrogens is 156 g/mol. The second kappa shape index (κ2) is 6.37. The third-order valence-electron chi connectivity index (χ3n) is 1.92. The van der Waals surface area contributed by atoms with Gasteiger partial charge < -0.3 is 15.2 Å². The number of hydrogen-bond donors (Lipinski definition) is 1. The molecule has 0 radical (unpaired) electrons. The van der Waals surface area contributed by atoms with Gasteiger partial charge in [0.15, 0.2) is 0 Å². The lowest BCUT2D eigenvalue weighted by molar-refractivity contribution is 0.0213. The van der Waals surface area contributed by atoms with Gasteiger partial charge in [0.1, 0.15) is 0 Å². The molecule has 4 heteroatoms. The van der Waals surface area contributed by atoms with Crippen LogP contribution >= 0.6 is 0 Å². The van der Waals surface area contributed by atoms with Crippen molar-refractivity contribution in [1.29, 1.82) is 0 Å². The molecule has 1 rings (SSSR count). The molecule has 0 spiro atoms. The molecule has 0 unspecified atom stereocenters. The van der Waals surface area contributed by atoms with Crippen LogP contribution in [0.15, 0.2) is 0 Å². The van der Waals surface area contributed by atoms with Crippen LogP contribution in [0.3, 0.4) is 0 Å². The van der Waals surface area contributed by atoms with Crippen molar-refractivity contribution in [2.75, 3.05) is 52.6 Å². The zero-order chi connectivity index (χ0) is 8.65. The molecular formula is C8H18N2O2. The minimum absolute atomic E-state index is 0.614. The van der Waals surface area contributed by atoms with E-state index in [-0.39, 0.29) is 0 Å². The first kappa shape index (κ1) is 9.92. The quantitative estimate of drug-likeness (QED) is 0.560. The van der Waals surface area contributed by atoms with Crippen molar-refractivity contribution in [1.82, 2.24) is 4.90 Å². The Morgan fingerprint density at radius 3 is 2.67 bits per heavy atom. The van der Waals surface area contributed by atoms with Crippen molar-refractivity contribution in [2.24, 2.45) is 5.73 Å². The molecule has 0 aromatic rings. The summed E-state index contributed by atoms with van der Waals surface area (Å²) in [5.41, 5.74) is 5.29. The second-order valence-corrected chi connectivity index (χ2v) is 2.86. The summed E-state index contributed by atoms with van der Waals surface area (Å²) in [7, 11) is 0. The predicted octanol–water partition coefficient (Wildman–Crippen LogP) is -0.706. The first-order valence-electron chi connectivity index (χ1n) is 4.51.